The van der Waals surface area contributed by atoms with Crippen molar-refractivity contribution in [2.75, 3.05) is 13.6 Å². The largest absolute Gasteiger partial charge is 0.481 e. The van der Waals surface area contributed by atoms with Crippen molar-refractivity contribution in [2.24, 2.45) is 0 Å². The Kier molecular flexibility index (Phi) is 4.85. The molecule has 0 atom stereocenters. The average Bonchev–Trinajstić information content (AvgIpc) is 2.80. The molecule has 1 amide bonds. The van der Waals surface area contributed by atoms with Gasteiger partial charge in [-0.1, -0.05) is 11.6 Å². The summed E-state index contributed by atoms with van der Waals surface area (Å²) in [5, 5.41) is 10.2. The van der Waals surface area contributed by atoms with E-state index in [9.17, 15) is 9.59 Å². The average molecular weight is 309 g/mol. The fourth-order valence-corrected chi connectivity index (χ4v) is 2.36. The maximum atomic E-state index is 12.1. The van der Waals surface area contributed by atoms with Crippen LogP contribution in [0.15, 0.2) is 24.4 Å². The highest BCUT2D eigenvalue weighted by atomic mass is 35.5. The lowest BCUT2D eigenvalue weighted by molar-refractivity contribution is -0.138. The lowest BCUT2D eigenvalue weighted by Crippen LogP contribution is -2.29. The summed E-state index contributed by atoms with van der Waals surface area (Å²) in [7, 11) is 1.69. The number of rotatable bonds is 6. The third-order valence-electron chi connectivity index (χ3n) is 3.38. The molecule has 2 rings (SSSR count). The molecule has 0 aliphatic carbocycles. The zero-order valence-corrected chi connectivity index (χ0v) is 12.5. The van der Waals surface area contributed by atoms with Crippen molar-refractivity contribution >= 4 is 34.4 Å². The Morgan fingerprint density at radius 1 is 1.38 bits per heavy atom. The standard InChI is InChI=1S/C15H17ClN2O3/c1-18(6-2-3-15(20)21)14(19)7-10-9-17-13-5-4-11(16)8-12(10)13/h4-5,8-9,17H,2-3,6-7H2,1H3,(H,20,21). The first kappa shape index (κ1) is 15.4. The Hall–Kier alpha value is -2.01. The van der Waals surface area contributed by atoms with E-state index < -0.39 is 5.97 Å². The van der Waals surface area contributed by atoms with E-state index in [0.29, 0.717) is 18.0 Å². The Morgan fingerprint density at radius 2 is 2.14 bits per heavy atom. The van der Waals surface area contributed by atoms with Crippen LogP contribution in [0.2, 0.25) is 5.02 Å². The number of fused-ring (bicyclic) bond motifs is 1. The van der Waals surface area contributed by atoms with Gasteiger partial charge >= 0.3 is 5.97 Å². The molecule has 0 unspecified atom stereocenters. The fourth-order valence-electron chi connectivity index (χ4n) is 2.19. The number of amides is 1. The van der Waals surface area contributed by atoms with Gasteiger partial charge in [0, 0.05) is 42.1 Å². The third-order valence-corrected chi connectivity index (χ3v) is 3.62. The molecule has 0 saturated carbocycles. The molecule has 21 heavy (non-hydrogen) atoms. The number of carbonyl (C=O) groups excluding carboxylic acids is 1. The molecule has 0 saturated heterocycles. The fraction of sp³-hybridized carbons (Fsp3) is 0.333. The normalized spacial score (nSPS) is 10.8. The number of aliphatic carboxylic acids is 1. The molecule has 0 spiro atoms. The minimum atomic E-state index is -0.845. The van der Waals surface area contributed by atoms with Crippen LogP contribution < -0.4 is 0 Å². The number of H-pyrrole nitrogens is 1. The Morgan fingerprint density at radius 3 is 2.86 bits per heavy atom. The van der Waals surface area contributed by atoms with Crippen molar-refractivity contribution in [1.82, 2.24) is 9.88 Å². The van der Waals surface area contributed by atoms with E-state index in [-0.39, 0.29) is 18.7 Å². The molecule has 2 N–H and O–H groups in total. The lowest BCUT2D eigenvalue weighted by Gasteiger charge is -2.16. The van der Waals surface area contributed by atoms with Gasteiger partial charge in [0.15, 0.2) is 0 Å². The number of aromatic nitrogens is 1. The van der Waals surface area contributed by atoms with E-state index in [1.54, 1.807) is 18.0 Å². The monoisotopic (exact) mass is 308 g/mol. The van der Waals surface area contributed by atoms with Gasteiger partial charge in [0.05, 0.1) is 6.42 Å². The van der Waals surface area contributed by atoms with Crippen LogP contribution in [0.4, 0.5) is 0 Å². The van der Waals surface area contributed by atoms with Crippen molar-refractivity contribution < 1.29 is 14.7 Å². The second-order valence-corrected chi connectivity index (χ2v) is 5.43. The van der Waals surface area contributed by atoms with E-state index in [4.69, 9.17) is 16.7 Å². The summed E-state index contributed by atoms with van der Waals surface area (Å²) >= 11 is 5.98. The Labute approximate surface area is 127 Å². The molecule has 112 valence electrons. The maximum Gasteiger partial charge on any atom is 0.303 e. The first-order valence-electron chi connectivity index (χ1n) is 6.68. The van der Waals surface area contributed by atoms with Gasteiger partial charge in [0.2, 0.25) is 5.91 Å². The van der Waals surface area contributed by atoms with Crippen molar-refractivity contribution in [3.8, 4) is 0 Å². The van der Waals surface area contributed by atoms with Crippen LogP contribution in [0.25, 0.3) is 10.9 Å². The van der Waals surface area contributed by atoms with Crippen LogP contribution in [0.5, 0.6) is 0 Å². The number of carboxylic acid groups (broad SMARTS) is 1. The summed E-state index contributed by atoms with van der Waals surface area (Å²) in [4.78, 5) is 27.3. The summed E-state index contributed by atoms with van der Waals surface area (Å²) < 4.78 is 0. The SMILES string of the molecule is CN(CCCC(=O)O)C(=O)Cc1c[nH]c2ccc(Cl)cc12. The van der Waals surface area contributed by atoms with Crippen LogP contribution >= 0.6 is 11.6 Å². The van der Waals surface area contributed by atoms with Crippen molar-refractivity contribution in [2.45, 2.75) is 19.3 Å². The molecule has 1 heterocycles. The minimum Gasteiger partial charge on any atom is -0.481 e. The maximum absolute atomic E-state index is 12.1. The van der Waals surface area contributed by atoms with E-state index in [0.717, 1.165) is 16.5 Å². The molecule has 0 aliphatic heterocycles. The highest BCUT2D eigenvalue weighted by molar-refractivity contribution is 6.31. The minimum absolute atomic E-state index is 0.0405. The summed E-state index contributed by atoms with van der Waals surface area (Å²) in [6, 6.07) is 5.51. The quantitative estimate of drug-likeness (QED) is 0.861. The first-order valence-corrected chi connectivity index (χ1v) is 7.06. The molecule has 6 heteroatoms. The zero-order valence-electron chi connectivity index (χ0n) is 11.7. The molecule has 0 aliphatic rings. The van der Waals surface area contributed by atoms with Crippen molar-refractivity contribution in [3.63, 3.8) is 0 Å². The molecule has 1 aromatic heterocycles. The Balaban J connectivity index is 2.00. The highest BCUT2D eigenvalue weighted by Crippen LogP contribution is 2.23. The van der Waals surface area contributed by atoms with Crippen molar-refractivity contribution in [3.05, 3.63) is 35.0 Å². The van der Waals surface area contributed by atoms with Gasteiger partial charge in [0.25, 0.3) is 0 Å². The molecule has 2 aromatic rings. The van der Waals surface area contributed by atoms with Gasteiger partial charge in [-0.15, -0.1) is 0 Å². The number of halogens is 1. The number of aromatic amines is 1. The first-order chi connectivity index (χ1) is 9.97. The van der Waals surface area contributed by atoms with Crippen LogP contribution in [-0.4, -0.2) is 40.5 Å². The number of nitrogens with one attached hydrogen (secondary N) is 1. The van der Waals surface area contributed by atoms with Crippen LogP contribution in [0.3, 0.4) is 0 Å². The zero-order chi connectivity index (χ0) is 15.4. The highest BCUT2D eigenvalue weighted by Gasteiger charge is 2.13. The third kappa shape index (κ3) is 3.98. The number of hydrogen-bond donors (Lipinski definition) is 2. The number of benzene rings is 1. The molecule has 0 fully saturated rings. The molecule has 0 bridgehead atoms. The molecule has 5 nitrogen and oxygen atoms in total. The molecule has 1 aromatic carbocycles. The van der Waals surface area contributed by atoms with Crippen molar-refractivity contribution in [1.29, 1.82) is 0 Å². The molecular formula is C15H17ClN2O3. The number of hydrogen-bond acceptors (Lipinski definition) is 2. The lowest BCUT2D eigenvalue weighted by atomic mass is 10.1. The van der Waals surface area contributed by atoms with Crippen LogP contribution in [-0.2, 0) is 16.0 Å². The molecule has 0 radical (unpaired) electrons. The van der Waals surface area contributed by atoms with Crippen LogP contribution in [0.1, 0.15) is 18.4 Å². The second-order valence-electron chi connectivity index (χ2n) is 4.99. The predicted molar refractivity (Wildman–Crippen MR) is 81.5 cm³/mol. The number of carboxylic acids is 1. The Bertz CT molecular complexity index is 666. The van der Waals surface area contributed by atoms with E-state index in [2.05, 4.69) is 4.98 Å². The summed E-state index contributed by atoms with van der Waals surface area (Å²) in [6.07, 6.45) is 2.60. The number of nitrogens with zero attached hydrogens (tertiary/aromatic N) is 1. The summed E-state index contributed by atoms with van der Waals surface area (Å²) in [6.45, 7) is 0.439. The summed E-state index contributed by atoms with van der Waals surface area (Å²) in [5.74, 6) is -0.886. The van der Waals surface area contributed by atoms with E-state index in [1.165, 1.54) is 0 Å². The van der Waals surface area contributed by atoms with Gasteiger partial charge in [-0.05, 0) is 30.2 Å². The van der Waals surface area contributed by atoms with Crippen LogP contribution in [0, 0.1) is 0 Å². The number of carbonyl (C=O) groups is 2. The van der Waals surface area contributed by atoms with E-state index in [1.807, 2.05) is 18.3 Å². The summed E-state index contributed by atoms with van der Waals surface area (Å²) in [5.41, 5.74) is 1.83. The molecular weight excluding hydrogens is 292 g/mol. The topological polar surface area (TPSA) is 73.4 Å². The van der Waals surface area contributed by atoms with Gasteiger partial charge < -0.3 is 15.0 Å². The van der Waals surface area contributed by atoms with Gasteiger partial charge in [-0.2, -0.15) is 0 Å². The van der Waals surface area contributed by atoms with Gasteiger partial charge in [0.1, 0.15) is 0 Å². The predicted octanol–water partition coefficient (Wildman–Crippen LogP) is 2.69. The second kappa shape index (κ2) is 6.63. The van der Waals surface area contributed by atoms with Gasteiger partial charge in [-0.3, -0.25) is 9.59 Å². The number of likely N-dealkylation sites (N-methyl/N-ethyl adjacent to an activating group) is 1. The smallest absolute Gasteiger partial charge is 0.303 e. The van der Waals surface area contributed by atoms with Gasteiger partial charge in [-0.25, -0.2) is 0 Å². The van der Waals surface area contributed by atoms with E-state index >= 15 is 0 Å².